The smallest absolute Gasteiger partial charge is 0.211 e. The summed E-state index contributed by atoms with van der Waals surface area (Å²) in [5.74, 6) is 6.67. The van der Waals surface area contributed by atoms with Crippen LogP contribution in [-0.2, 0) is 10.0 Å². The Bertz CT molecular complexity index is 355. The molecule has 0 saturated carbocycles. The molecule has 0 spiro atoms. The first-order valence-corrected chi connectivity index (χ1v) is 9.18. The molecular formula is C13H29N3O2S. The summed E-state index contributed by atoms with van der Waals surface area (Å²) < 4.78 is 24.9. The Hall–Kier alpha value is -0.170. The molecule has 0 amide bonds. The number of hydrazine groups is 1. The summed E-state index contributed by atoms with van der Waals surface area (Å²) >= 11 is 0. The quantitative estimate of drug-likeness (QED) is 0.548. The molecule has 3 N–H and O–H groups in total. The molecule has 19 heavy (non-hydrogen) atoms. The van der Waals surface area contributed by atoms with Crippen molar-refractivity contribution in [3.63, 3.8) is 0 Å². The van der Waals surface area contributed by atoms with Crippen LogP contribution in [-0.4, -0.2) is 38.1 Å². The summed E-state index contributed by atoms with van der Waals surface area (Å²) in [4.78, 5) is 0. The van der Waals surface area contributed by atoms with Crippen molar-refractivity contribution in [3.8, 4) is 0 Å². The number of nitrogens with zero attached hydrogens (tertiary/aromatic N) is 1. The summed E-state index contributed by atoms with van der Waals surface area (Å²) in [5.41, 5.74) is 2.94. The molecule has 1 heterocycles. The zero-order valence-electron chi connectivity index (χ0n) is 12.4. The molecule has 0 aromatic rings. The number of hydrogen-bond donors (Lipinski definition) is 2. The molecule has 2 unspecified atom stereocenters. The Morgan fingerprint density at radius 3 is 2.47 bits per heavy atom. The average molecular weight is 291 g/mol. The van der Waals surface area contributed by atoms with Gasteiger partial charge in [0.25, 0.3) is 0 Å². The van der Waals surface area contributed by atoms with Crippen molar-refractivity contribution in [2.75, 3.05) is 19.3 Å². The van der Waals surface area contributed by atoms with E-state index >= 15 is 0 Å². The lowest BCUT2D eigenvalue weighted by molar-refractivity contribution is 0.209. The molecule has 1 rings (SSSR count). The van der Waals surface area contributed by atoms with E-state index in [0.717, 1.165) is 32.1 Å². The van der Waals surface area contributed by atoms with Crippen LogP contribution < -0.4 is 11.3 Å². The Morgan fingerprint density at radius 1 is 1.37 bits per heavy atom. The third-order valence-electron chi connectivity index (χ3n) is 4.37. The van der Waals surface area contributed by atoms with Gasteiger partial charge in [0.15, 0.2) is 0 Å². The predicted molar refractivity (Wildman–Crippen MR) is 78.9 cm³/mol. The second kappa shape index (κ2) is 7.57. The van der Waals surface area contributed by atoms with Crippen LogP contribution in [0.25, 0.3) is 0 Å². The SMILES string of the molecule is CCC(CC)C(CC1CCCN(S(C)(=O)=O)C1)NN. The maximum absolute atomic E-state index is 11.6. The van der Waals surface area contributed by atoms with Gasteiger partial charge in [0.2, 0.25) is 10.0 Å². The van der Waals surface area contributed by atoms with Crippen LogP contribution in [0.3, 0.4) is 0 Å². The van der Waals surface area contributed by atoms with Gasteiger partial charge in [-0.2, -0.15) is 0 Å². The Morgan fingerprint density at radius 2 is 2.00 bits per heavy atom. The maximum atomic E-state index is 11.6. The van der Waals surface area contributed by atoms with Crippen LogP contribution in [0.5, 0.6) is 0 Å². The van der Waals surface area contributed by atoms with Crippen LogP contribution in [0.2, 0.25) is 0 Å². The molecule has 5 nitrogen and oxygen atoms in total. The summed E-state index contributed by atoms with van der Waals surface area (Å²) in [6.07, 6.45) is 6.54. The number of hydrogen-bond acceptors (Lipinski definition) is 4. The van der Waals surface area contributed by atoms with Crippen molar-refractivity contribution in [2.24, 2.45) is 17.7 Å². The van der Waals surface area contributed by atoms with Crippen molar-refractivity contribution < 1.29 is 8.42 Å². The third kappa shape index (κ3) is 5.02. The predicted octanol–water partition coefficient (Wildman–Crippen LogP) is 1.32. The van der Waals surface area contributed by atoms with E-state index in [0.29, 0.717) is 31.0 Å². The van der Waals surface area contributed by atoms with Gasteiger partial charge in [0.05, 0.1) is 6.26 Å². The lowest BCUT2D eigenvalue weighted by Gasteiger charge is -2.34. The molecule has 0 aliphatic carbocycles. The van der Waals surface area contributed by atoms with Gasteiger partial charge in [-0.05, 0) is 31.1 Å². The van der Waals surface area contributed by atoms with Crippen molar-refractivity contribution in [2.45, 2.75) is 52.0 Å². The molecule has 2 atom stereocenters. The van der Waals surface area contributed by atoms with E-state index in [1.807, 2.05) is 0 Å². The molecule has 0 aromatic carbocycles. The van der Waals surface area contributed by atoms with E-state index in [4.69, 9.17) is 5.84 Å². The molecular weight excluding hydrogens is 262 g/mol. The van der Waals surface area contributed by atoms with Crippen molar-refractivity contribution in [1.29, 1.82) is 0 Å². The second-order valence-corrected chi connectivity index (χ2v) is 7.70. The monoisotopic (exact) mass is 291 g/mol. The van der Waals surface area contributed by atoms with Gasteiger partial charge in [0, 0.05) is 19.1 Å². The number of rotatable bonds is 7. The summed E-state index contributed by atoms with van der Waals surface area (Å²) in [6.45, 7) is 5.68. The number of nitrogens with two attached hydrogens (primary N) is 1. The fraction of sp³-hybridized carbons (Fsp3) is 1.00. The van der Waals surface area contributed by atoms with Gasteiger partial charge in [-0.3, -0.25) is 11.3 Å². The minimum Gasteiger partial charge on any atom is -0.271 e. The molecule has 1 fully saturated rings. The summed E-state index contributed by atoms with van der Waals surface area (Å²) in [6, 6.07) is 0.291. The zero-order valence-corrected chi connectivity index (χ0v) is 13.2. The first-order chi connectivity index (χ1) is 8.92. The minimum atomic E-state index is -3.05. The third-order valence-corrected chi connectivity index (χ3v) is 5.64. The topological polar surface area (TPSA) is 75.4 Å². The van der Waals surface area contributed by atoms with Gasteiger partial charge in [-0.25, -0.2) is 12.7 Å². The van der Waals surface area contributed by atoms with E-state index in [1.165, 1.54) is 6.26 Å². The van der Waals surface area contributed by atoms with Crippen LogP contribution >= 0.6 is 0 Å². The van der Waals surface area contributed by atoms with E-state index in [1.54, 1.807) is 4.31 Å². The molecule has 1 aliphatic heterocycles. The molecule has 6 heteroatoms. The minimum absolute atomic E-state index is 0.291. The molecule has 1 aliphatic rings. The lowest BCUT2D eigenvalue weighted by Crippen LogP contribution is -2.45. The summed E-state index contributed by atoms with van der Waals surface area (Å²) in [7, 11) is -3.05. The van der Waals surface area contributed by atoms with Gasteiger partial charge in [-0.15, -0.1) is 0 Å². The molecule has 1 saturated heterocycles. The highest BCUT2D eigenvalue weighted by molar-refractivity contribution is 7.88. The Kier molecular flexibility index (Phi) is 6.73. The van der Waals surface area contributed by atoms with E-state index < -0.39 is 10.0 Å². The maximum Gasteiger partial charge on any atom is 0.211 e. The molecule has 0 bridgehead atoms. The highest BCUT2D eigenvalue weighted by Crippen LogP contribution is 2.26. The fourth-order valence-electron chi connectivity index (χ4n) is 3.13. The lowest BCUT2D eigenvalue weighted by atomic mass is 9.85. The first kappa shape index (κ1) is 16.9. The number of sulfonamides is 1. The zero-order chi connectivity index (χ0) is 14.5. The summed E-state index contributed by atoms with van der Waals surface area (Å²) in [5, 5.41) is 0. The van der Waals surface area contributed by atoms with Crippen molar-refractivity contribution in [1.82, 2.24) is 9.73 Å². The van der Waals surface area contributed by atoms with Crippen LogP contribution in [0, 0.1) is 11.8 Å². The van der Waals surface area contributed by atoms with E-state index in [2.05, 4.69) is 19.3 Å². The molecule has 114 valence electrons. The number of nitrogens with one attached hydrogen (secondary N) is 1. The Balaban J connectivity index is 2.60. The molecule has 0 aromatic heterocycles. The van der Waals surface area contributed by atoms with Crippen LogP contribution in [0.1, 0.15) is 46.0 Å². The van der Waals surface area contributed by atoms with Gasteiger partial charge in [-0.1, -0.05) is 26.7 Å². The van der Waals surface area contributed by atoms with Gasteiger partial charge >= 0.3 is 0 Å². The highest BCUT2D eigenvalue weighted by atomic mass is 32.2. The Labute approximate surface area is 117 Å². The van der Waals surface area contributed by atoms with Crippen LogP contribution in [0.4, 0.5) is 0 Å². The van der Waals surface area contributed by atoms with Crippen LogP contribution in [0.15, 0.2) is 0 Å². The number of piperidine rings is 1. The first-order valence-electron chi connectivity index (χ1n) is 7.33. The molecule has 0 radical (unpaired) electrons. The average Bonchev–Trinajstić information content (AvgIpc) is 2.38. The van der Waals surface area contributed by atoms with Crippen molar-refractivity contribution in [3.05, 3.63) is 0 Å². The standard InChI is InChI=1S/C13H29N3O2S/c1-4-12(5-2)13(15-14)9-11-7-6-8-16(10-11)19(3,17)18/h11-13,15H,4-10,14H2,1-3H3. The highest BCUT2D eigenvalue weighted by Gasteiger charge is 2.29. The van der Waals surface area contributed by atoms with E-state index in [-0.39, 0.29) is 0 Å². The second-order valence-electron chi connectivity index (χ2n) is 5.71. The normalized spacial score (nSPS) is 23.7. The van der Waals surface area contributed by atoms with Gasteiger partial charge in [0.1, 0.15) is 0 Å². The fourth-order valence-corrected chi connectivity index (χ4v) is 4.08. The van der Waals surface area contributed by atoms with E-state index in [9.17, 15) is 8.42 Å². The largest absolute Gasteiger partial charge is 0.271 e. The van der Waals surface area contributed by atoms with Gasteiger partial charge < -0.3 is 0 Å². The van der Waals surface area contributed by atoms with Crippen molar-refractivity contribution >= 4 is 10.0 Å².